The summed E-state index contributed by atoms with van der Waals surface area (Å²) in [5, 5.41) is 8.09. The Morgan fingerprint density at radius 1 is 1.54 bits per heavy atom. The van der Waals surface area contributed by atoms with Gasteiger partial charge in [0.1, 0.15) is 5.01 Å². The summed E-state index contributed by atoms with van der Waals surface area (Å²) < 4.78 is 7.42. The highest BCUT2D eigenvalue weighted by atomic mass is 32.1. The first-order chi connectivity index (χ1) is 11.6. The SMILES string of the molecule is CCc1cnc(CN(C)C(=O)Nc2cnn(C[C@@H]3CCCO3)c2)s1. The smallest absolute Gasteiger partial charge is 0.322 e. The van der Waals surface area contributed by atoms with Crippen molar-refractivity contribution < 1.29 is 9.53 Å². The van der Waals surface area contributed by atoms with E-state index in [1.54, 1.807) is 29.5 Å². The number of rotatable bonds is 6. The summed E-state index contributed by atoms with van der Waals surface area (Å²) in [4.78, 5) is 19.5. The van der Waals surface area contributed by atoms with Gasteiger partial charge < -0.3 is 15.0 Å². The van der Waals surface area contributed by atoms with Crippen LogP contribution in [0.2, 0.25) is 0 Å². The Kier molecular flexibility index (Phi) is 5.47. The number of anilines is 1. The highest BCUT2D eigenvalue weighted by Crippen LogP contribution is 2.17. The van der Waals surface area contributed by atoms with Gasteiger partial charge in [-0.3, -0.25) is 4.68 Å². The van der Waals surface area contributed by atoms with Gasteiger partial charge in [0.15, 0.2) is 0 Å². The van der Waals surface area contributed by atoms with E-state index in [1.807, 2.05) is 17.1 Å². The van der Waals surface area contributed by atoms with E-state index in [4.69, 9.17) is 4.74 Å². The number of nitrogens with one attached hydrogen (secondary N) is 1. The normalized spacial score (nSPS) is 17.2. The number of aromatic nitrogens is 3. The molecule has 0 aliphatic carbocycles. The monoisotopic (exact) mass is 349 g/mol. The molecule has 130 valence electrons. The first-order valence-electron chi connectivity index (χ1n) is 8.23. The van der Waals surface area contributed by atoms with E-state index in [0.717, 1.165) is 37.4 Å². The lowest BCUT2D eigenvalue weighted by atomic mass is 10.2. The number of hydrogen-bond acceptors (Lipinski definition) is 5. The third kappa shape index (κ3) is 4.33. The average Bonchev–Trinajstić information content (AvgIpc) is 3.30. The summed E-state index contributed by atoms with van der Waals surface area (Å²) in [7, 11) is 1.76. The number of nitrogens with zero attached hydrogens (tertiary/aromatic N) is 4. The summed E-state index contributed by atoms with van der Waals surface area (Å²) >= 11 is 1.64. The predicted octanol–water partition coefficient (Wildman–Crippen LogP) is 2.74. The molecule has 0 aromatic carbocycles. The molecule has 7 nitrogen and oxygen atoms in total. The summed E-state index contributed by atoms with van der Waals surface area (Å²) in [5.41, 5.74) is 0.693. The van der Waals surface area contributed by atoms with Crippen LogP contribution in [0.15, 0.2) is 18.6 Å². The molecule has 0 saturated carbocycles. The Hall–Kier alpha value is -1.93. The summed E-state index contributed by atoms with van der Waals surface area (Å²) in [6.45, 7) is 4.16. The number of hydrogen-bond donors (Lipinski definition) is 1. The molecule has 0 radical (unpaired) electrons. The number of carbonyl (C=O) groups is 1. The summed E-state index contributed by atoms with van der Waals surface area (Å²) in [6.07, 6.45) is 8.76. The molecule has 2 aromatic heterocycles. The van der Waals surface area contributed by atoms with Crippen LogP contribution in [-0.4, -0.2) is 45.5 Å². The lowest BCUT2D eigenvalue weighted by molar-refractivity contribution is 0.0940. The second-order valence-corrected chi connectivity index (χ2v) is 7.15. The summed E-state index contributed by atoms with van der Waals surface area (Å²) in [5.74, 6) is 0. The zero-order chi connectivity index (χ0) is 16.9. The second-order valence-electron chi connectivity index (χ2n) is 5.95. The van der Waals surface area contributed by atoms with Crippen molar-refractivity contribution in [3.05, 3.63) is 28.5 Å². The van der Waals surface area contributed by atoms with Crippen molar-refractivity contribution in [3.8, 4) is 0 Å². The van der Waals surface area contributed by atoms with Gasteiger partial charge in [-0.15, -0.1) is 11.3 Å². The summed E-state index contributed by atoms with van der Waals surface area (Å²) in [6, 6.07) is -0.167. The number of amides is 2. The molecular weight excluding hydrogens is 326 g/mol. The zero-order valence-electron chi connectivity index (χ0n) is 14.1. The Balaban J connectivity index is 1.51. The molecule has 2 amide bonds. The molecule has 1 fully saturated rings. The molecule has 8 heteroatoms. The van der Waals surface area contributed by atoms with Crippen molar-refractivity contribution in [3.63, 3.8) is 0 Å². The van der Waals surface area contributed by atoms with Crippen molar-refractivity contribution in [2.45, 2.75) is 45.4 Å². The average molecular weight is 349 g/mol. The van der Waals surface area contributed by atoms with Crippen molar-refractivity contribution in [1.29, 1.82) is 0 Å². The predicted molar refractivity (Wildman–Crippen MR) is 93.2 cm³/mol. The fraction of sp³-hybridized carbons (Fsp3) is 0.562. The molecule has 1 saturated heterocycles. The number of urea groups is 1. The van der Waals surface area contributed by atoms with Crippen LogP contribution in [0, 0.1) is 0 Å². The molecule has 0 bridgehead atoms. The minimum atomic E-state index is -0.167. The van der Waals surface area contributed by atoms with Crippen LogP contribution in [0.3, 0.4) is 0 Å². The molecule has 1 N–H and O–H groups in total. The lowest BCUT2D eigenvalue weighted by Gasteiger charge is -2.15. The van der Waals surface area contributed by atoms with Gasteiger partial charge in [-0.25, -0.2) is 9.78 Å². The van der Waals surface area contributed by atoms with Crippen LogP contribution in [0.4, 0.5) is 10.5 Å². The second kappa shape index (κ2) is 7.76. The van der Waals surface area contributed by atoms with Gasteiger partial charge in [0.2, 0.25) is 0 Å². The maximum Gasteiger partial charge on any atom is 0.322 e. The first kappa shape index (κ1) is 16.9. The first-order valence-corrected chi connectivity index (χ1v) is 9.05. The minimum Gasteiger partial charge on any atom is -0.376 e. The number of thiazole rings is 1. The topological polar surface area (TPSA) is 72.3 Å². The van der Waals surface area contributed by atoms with Gasteiger partial charge in [-0.05, 0) is 19.3 Å². The van der Waals surface area contributed by atoms with E-state index in [1.165, 1.54) is 4.88 Å². The van der Waals surface area contributed by atoms with Gasteiger partial charge in [0.05, 0.1) is 31.1 Å². The molecule has 1 atom stereocenters. The number of aryl methyl sites for hydroxylation is 1. The standard InChI is InChI=1S/C16H23N5O2S/c1-3-14-8-17-15(24-14)11-20(2)16(22)19-12-7-18-21(9-12)10-13-5-4-6-23-13/h7-9,13H,3-6,10-11H2,1-2H3,(H,19,22)/t13-/m0/s1. The van der Waals surface area contributed by atoms with Gasteiger partial charge in [0.25, 0.3) is 0 Å². The maximum absolute atomic E-state index is 12.3. The van der Waals surface area contributed by atoms with E-state index >= 15 is 0 Å². The number of ether oxygens (including phenoxy) is 1. The Morgan fingerprint density at radius 3 is 3.12 bits per heavy atom. The minimum absolute atomic E-state index is 0.167. The van der Waals surface area contributed by atoms with Crippen molar-refractivity contribution >= 4 is 23.1 Å². The highest BCUT2D eigenvalue weighted by molar-refractivity contribution is 7.11. The van der Waals surface area contributed by atoms with Crippen LogP contribution in [0.25, 0.3) is 0 Å². The largest absolute Gasteiger partial charge is 0.376 e. The lowest BCUT2D eigenvalue weighted by Crippen LogP contribution is -2.30. The molecule has 1 aliphatic heterocycles. The van der Waals surface area contributed by atoms with Crippen LogP contribution in [-0.2, 0) is 24.2 Å². The Labute approximate surface area is 145 Å². The Bertz CT molecular complexity index is 678. The highest BCUT2D eigenvalue weighted by Gasteiger charge is 2.17. The fourth-order valence-electron chi connectivity index (χ4n) is 2.60. The molecule has 3 rings (SSSR count). The third-order valence-corrected chi connectivity index (χ3v) is 5.09. The van der Waals surface area contributed by atoms with Crippen molar-refractivity contribution in [2.24, 2.45) is 0 Å². The Morgan fingerprint density at radius 2 is 2.42 bits per heavy atom. The van der Waals surface area contributed by atoms with E-state index in [0.29, 0.717) is 12.2 Å². The fourth-order valence-corrected chi connectivity index (χ4v) is 3.52. The molecule has 3 heterocycles. The van der Waals surface area contributed by atoms with E-state index in [-0.39, 0.29) is 12.1 Å². The van der Waals surface area contributed by atoms with Crippen molar-refractivity contribution in [2.75, 3.05) is 19.0 Å². The molecule has 0 spiro atoms. The van der Waals surface area contributed by atoms with Gasteiger partial charge >= 0.3 is 6.03 Å². The van der Waals surface area contributed by atoms with E-state index in [9.17, 15) is 4.79 Å². The molecule has 1 aliphatic rings. The molecule has 0 unspecified atom stereocenters. The van der Waals surface area contributed by atoms with Crippen LogP contribution < -0.4 is 5.32 Å². The van der Waals surface area contributed by atoms with Crippen LogP contribution >= 0.6 is 11.3 Å². The number of carbonyl (C=O) groups excluding carboxylic acids is 1. The maximum atomic E-state index is 12.3. The van der Waals surface area contributed by atoms with E-state index in [2.05, 4.69) is 22.3 Å². The van der Waals surface area contributed by atoms with Gasteiger partial charge in [-0.2, -0.15) is 5.10 Å². The van der Waals surface area contributed by atoms with Crippen LogP contribution in [0.5, 0.6) is 0 Å². The van der Waals surface area contributed by atoms with Gasteiger partial charge in [0, 0.05) is 30.9 Å². The van der Waals surface area contributed by atoms with Crippen LogP contribution in [0.1, 0.15) is 29.7 Å². The molecule has 24 heavy (non-hydrogen) atoms. The van der Waals surface area contributed by atoms with Crippen molar-refractivity contribution in [1.82, 2.24) is 19.7 Å². The molecular formula is C16H23N5O2S. The molecule has 2 aromatic rings. The van der Waals surface area contributed by atoms with E-state index < -0.39 is 0 Å². The van der Waals surface area contributed by atoms with Gasteiger partial charge in [-0.1, -0.05) is 6.92 Å². The quantitative estimate of drug-likeness (QED) is 0.870. The third-order valence-electron chi connectivity index (χ3n) is 3.97. The zero-order valence-corrected chi connectivity index (χ0v) is 14.9.